The van der Waals surface area contributed by atoms with Crippen LogP contribution in [0, 0.1) is 5.82 Å². The van der Waals surface area contributed by atoms with Gasteiger partial charge in [-0.05, 0) is 37.0 Å². The van der Waals surface area contributed by atoms with Gasteiger partial charge in [0.1, 0.15) is 22.1 Å². The number of fused-ring (bicyclic) bond motifs is 1. The normalized spacial score (nSPS) is 14.0. The summed E-state index contributed by atoms with van der Waals surface area (Å²) in [5.74, 6) is 1.15. The molecule has 1 fully saturated rings. The van der Waals surface area contributed by atoms with Gasteiger partial charge in [-0.1, -0.05) is 19.1 Å². The highest BCUT2D eigenvalue weighted by Crippen LogP contribution is 2.39. The minimum Gasteiger partial charge on any atom is -0.277 e. The molecule has 0 saturated heterocycles. The summed E-state index contributed by atoms with van der Waals surface area (Å²) in [7, 11) is 1.48. The van der Waals surface area contributed by atoms with Gasteiger partial charge in [0, 0.05) is 25.3 Å². The molecule has 8 heteroatoms. The zero-order valence-corrected chi connectivity index (χ0v) is 16.6. The Hall–Kier alpha value is -2.48. The number of halogens is 1. The molecule has 0 N–H and O–H groups in total. The van der Waals surface area contributed by atoms with Gasteiger partial charge in [-0.15, -0.1) is 11.8 Å². The summed E-state index contributed by atoms with van der Waals surface area (Å²) in [6.07, 6.45) is 2.78. The van der Waals surface area contributed by atoms with Gasteiger partial charge in [0.25, 0.3) is 5.56 Å². The van der Waals surface area contributed by atoms with E-state index >= 15 is 0 Å². The van der Waals surface area contributed by atoms with Gasteiger partial charge in [0.2, 0.25) is 0 Å². The predicted molar refractivity (Wildman–Crippen MR) is 107 cm³/mol. The molecule has 0 atom stereocenters. The monoisotopic (exact) mass is 400 g/mol. The topological polar surface area (TPSA) is 69.8 Å². The molecule has 2 heterocycles. The molecular weight excluding hydrogens is 379 g/mol. The number of nitrogens with zero attached hydrogens (tertiary/aromatic N) is 4. The predicted octanol–water partition coefficient (Wildman–Crippen LogP) is 3.21. The molecule has 0 spiro atoms. The zero-order chi connectivity index (χ0) is 19.8. The first-order chi connectivity index (χ1) is 13.5. The van der Waals surface area contributed by atoms with Crippen molar-refractivity contribution in [1.29, 1.82) is 0 Å². The van der Waals surface area contributed by atoms with Crippen LogP contribution in [0.25, 0.3) is 11.0 Å². The lowest BCUT2D eigenvalue weighted by molar-refractivity contribution is 0.605. The second-order valence-electron chi connectivity index (χ2n) is 7.08. The van der Waals surface area contributed by atoms with Crippen molar-refractivity contribution in [2.24, 2.45) is 7.05 Å². The van der Waals surface area contributed by atoms with E-state index in [1.54, 1.807) is 10.6 Å². The fraction of sp³-hybridized carbons (Fsp3) is 0.400. The molecule has 1 aliphatic rings. The van der Waals surface area contributed by atoms with Crippen LogP contribution in [-0.2, 0) is 19.3 Å². The molecule has 3 aromatic rings. The van der Waals surface area contributed by atoms with E-state index in [0.29, 0.717) is 34.2 Å². The molecule has 1 aliphatic carbocycles. The van der Waals surface area contributed by atoms with E-state index in [4.69, 9.17) is 0 Å². The Morgan fingerprint density at radius 2 is 2.04 bits per heavy atom. The van der Waals surface area contributed by atoms with E-state index in [1.165, 1.54) is 30.9 Å². The highest BCUT2D eigenvalue weighted by Gasteiger charge is 2.29. The van der Waals surface area contributed by atoms with Gasteiger partial charge in [0.15, 0.2) is 5.65 Å². The molecular formula is C20H21FN4O2S. The van der Waals surface area contributed by atoms with Crippen molar-refractivity contribution < 1.29 is 4.39 Å². The first-order valence-electron chi connectivity index (χ1n) is 9.38. The van der Waals surface area contributed by atoms with Crippen molar-refractivity contribution in [3.8, 4) is 0 Å². The molecule has 1 aromatic carbocycles. The molecule has 4 rings (SSSR count). The maximum atomic E-state index is 13.5. The summed E-state index contributed by atoms with van der Waals surface area (Å²) in [6, 6.07) is 6.38. The highest BCUT2D eigenvalue weighted by molar-refractivity contribution is 7.98. The number of rotatable bonds is 6. The number of thioether (sulfide) groups is 1. The van der Waals surface area contributed by atoms with Crippen LogP contribution in [0.2, 0.25) is 0 Å². The van der Waals surface area contributed by atoms with Gasteiger partial charge in [-0.3, -0.25) is 13.9 Å². The van der Waals surface area contributed by atoms with E-state index in [-0.39, 0.29) is 17.4 Å². The molecule has 0 bridgehead atoms. The van der Waals surface area contributed by atoms with E-state index in [9.17, 15) is 14.0 Å². The number of hydrogen-bond donors (Lipinski definition) is 0. The van der Waals surface area contributed by atoms with Crippen LogP contribution in [-0.4, -0.2) is 19.1 Å². The summed E-state index contributed by atoms with van der Waals surface area (Å²) in [4.78, 5) is 34.8. The van der Waals surface area contributed by atoms with E-state index in [0.717, 1.165) is 29.4 Å². The standard InChI is InChI=1S/C20H21FN4O2S/c1-3-9-25-17-15(19(26)24(2)20(25)27)18(23-16(22-17)13-7-8-13)28-11-12-5-4-6-14(21)10-12/h4-6,10,13H,3,7-9,11H2,1-2H3. The Labute approximate surface area is 165 Å². The summed E-state index contributed by atoms with van der Waals surface area (Å²) < 4.78 is 16.2. The number of aromatic nitrogens is 4. The first kappa shape index (κ1) is 18.9. The SMILES string of the molecule is CCCn1c(=O)n(C)c(=O)c2c(SCc3cccc(F)c3)nc(C3CC3)nc21. The van der Waals surface area contributed by atoms with Gasteiger partial charge in [0.05, 0.1) is 0 Å². The minimum absolute atomic E-state index is 0.284. The van der Waals surface area contributed by atoms with Crippen LogP contribution < -0.4 is 11.2 Å². The Kier molecular flexibility index (Phi) is 5.05. The molecule has 0 radical (unpaired) electrons. The second-order valence-corrected chi connectivity index (χ2v) is 8.04. The van der Waals surface area contributed by atoms with E-state index in [2.05, 4.69) is 9.97 Å². The molecule has 0 aliphatic heterocycles. The second kappa shape index (κ2) is 7.50. The number of aryl methyl sites for hydroxylation is 1. The van der Waals surface area contributed by atoms with Gasteiger partial charge < -0.3 is 0 Å². The maximum absolute atomic E-state index is 13.5. The Morgan fingerprint density at radius 3 is 2.71 bits per heavy atom. The third-order valence-corrected chi connectivity index (χ3v) is 5.87. The molecule has 146 valence electrons. The quantitative estimate of drug-likeness (QED) is 0.469. The summed E-state index contributed by atoms with van der Waals surface area (Å²) in [5.41, 5.74) is 0.467. The van der Waals surface area contributed by atoms with Gasteiger partial charge in [-0.25, -0.2) is 19.2 Å². The zero-order valence-electron chi connectivity index (χ0n) is 15.8. The van der Waals surface area contributed by atoms with E-state index < -0.39 is 5.56 Å². The molecule has 0 unspecified atom stereocenters. The fourth-order valence-corrected chi connectivity index (χ4v) is 4.15. The van der Waals surface area contributed by atoms with Crippen molar-refractivity contribution in [2.45, 2.75) is 49.4 Å². The molecule has 2 aromatic heterocycles. The van der Waals surface area contributed by atoms with Gasteiger partial charge >= 0.3 is 5.69 Å². The Bertz CT molecular complexity index is 1170. The van der Waals surface area contributed by atoms with E-state index in [1.807, 2.05) is 13.0 Å². The molecule has 1 saturated carbocycles. The lowest BCUT2D eigenvalue weighted by Gasteiger charge is -2.14. The lowest BCUT2D eigenvalue weighted by atomic mass is 10.2. The van der Waals surface area contributed by atoms with Crippen LogP contribution in [0.1, 0.15) is 43.5 Å². The molecule has 6 nitrogen and oxygen atoms in total. The average molecular weight is 400 g/mol. The first-order valence-corrected chi connectivity index (χ1v) is 10.4. The smallest absolute Gasteiger partial charge is 0.277 e. The number of benzene rings is 1. The van der Waals surface area contributed by atoms with Crippen LogP contribution in [0.3, 0.4) is 0 Å². The summed E-state index contributed by atoms with van der Waals surface area (Å²) in [6.45, 7) is 2.46. The Morgan fingerprint density at radius 1 is 1.25 bits per heavy atom. The Balaban J connectivity index is 1.88. The highest BCUT2D eigenvalue weighted by atomic mass is 32.2. The maximum Gasteiger partial charge on any atom is 0.332 e. The van der Waals surface area contributed by atoms with Crippen LogP contribution in [0.15, 0.2) is 38.9 Å². The van der Waals surface area contributed by atoms with Crippen molar-refractivity contribution in [3.05, 3.63) is 62.3 Å². The summed E-state index contributed by atoms with van der Waals surface area (Å²) in [5, 5.41) is 0.919. The lowest BCUT2D eigenvalue weighted by Crippen LogP contribution is -2.39. The number of hydrogen-bond acceptors (Lipinski definition) is 5. The largest absolute Gasteiger partial charge is 0.332 e. The third kappa shape index (κ3) is 3.48. The molecule has 28 heavy (non-hydrogen) atoms. The summed E-state index contributed by atoms with van der Waals surface area (Å²) >= 11 is 1.38. The minimum atomic E-state index is -0.392. The van der Waals surface area contributed by atoms with Crippen molar-refractivity contribution >= 4 is 22.8 Å². The van der Waals surface area contributed by atoms with Crippen molar-refractivity contribution in [2.75, 3.05) is 0 Å². The van der Waals surface area contributed by atoms with Crippen LogP contribution in [0.4, 0.5) is 4.39 Å². The third-order valence-electron chi connectivity index (χ3n) is 4.82. The van der Waals surface area contributed by atoms with Crippen molar-refractivity contribution in [3.63, 3.8) is 0 Å². The van der Waals surface area contributed by atoms with Crippen molar-refractivity contribution in [1.82, 2.24) is 19.1 Å². The van der Waals surface area contributed by atoms with Gasteiger partial charge in [-0.2, -0.15) is 0 Å². The molecule has 0 amide bonds. The van der Waals surface area contributed by atoms with Crippen LogP contribution in [0.5, 0.6) is 0 Å². The fourth-order valence-electron chi connectivity index (χ4n) is 3.19. The van der Waals surface area contributed by atoms with Crippen LogP contribution >= 0.6 is 11.8 Å². The average Bonchev–Trinajstić information content (AvgIpc) is 3.52.